The fourth-order valence-electron chi connectivity index (χ4n) is 2.55. The second-order valence-corrected chi connectivity index (χ2v) is 5.55. The minimum Gasteiger partial charge on any atom is -0.458 e. The fraction of sp³-hybridized carbons (Fsp3) is 0.500. The summed E-state index contributed by atoms with van der Waals surface area (Å²) < 4.78 is 5.87. The average Bonchev–Trinajstić information content (AvgIpc) is 2.85. The van der Waals surface area contributed by atoms with E-state index in [1.54, 1.807) is 0 Å². The van der Waals surface area contributed by atoms with Gasteiger partial charge in [0, 0.05) is 5.39 Å². The Bertz CT molecular complexity index is 535. The van der Waals surface area contributed by atoms with Crippen LogP contribution in [0.15, 0.2) is 28.7 Å². The maximum absolute atomic E-state index is 6.37. The number of nitrogens with two attached hydrogens (primary N) is 1. The van der Waals surface area contributed by atoms with Gasteiger partial charge in [0.15, 0.2) is 5.58 Å². The molecule has 0 aliphatic heterocycles. The quantitative estimate of drug-likeness (QED) is 0.779. The monoisotopic (exact) mass is 279 g/mol. The summed E-state index contributed by atoms with van der Waals surface area (Å²) >= 11 is 6.14. The van der Waals surface area contributed by atoms with E-state index < -0.39 is 0 Å². The minimum absolute atomic E-state index is 0.0417. The van der Waals surface area contributed by atoms with Crippen molar-refractivity contribution in [2.45, 2.75) is 45.6 Å². The van der Waals surface area contributed by atoms with Crippen LogP contribution >= 0.6 is 11.6 Å². The van der Waals surface area contributed by atoms with Crippen molar-refractivity contribution in [2.75, 3.05) is 0 Å². The highest BCUT2D eigenvalue weighted by atomic mass is 35.5. The van der Waals surface area contributed by atoms with Crippen LogP contribution in [-0.2, 0) is 0 Å². The molecule has 1 aromatic heterocycles. The summed E-state index contributed by atoms with van der Waals surface area (Å²) in [4.78, 5) is 0. The van der Waals surface area contributed by atoms with Crippen molar-refractivity contribution in [3.63, 3.8) is 0 Å². The number of halogens is 1. The van der Waals surface area contributed by atoms with E-state index in [-0.39, 0.29) is 6.04 Å². The first-order valence-corrected chi connectivity index (χ1v) is 7.48. The smallest absolute Gasteiger partial charge is 0.152 e. The van der Waals surface area contributed by atoms with E-state index in [9.17, 15) is 0 Å². The van der Waals surface area contributed by atoms with E-state index in [4.69, 9.17) is 21.8 Å². The number of furan rings is 1. The number of para-hydroxylation sites is 1. The van der Waals surface area contributed by atoms with Crippen molar-refractivity contribution in [1.29, 1.82) is 0 Å². The number of unbranched alkanes of at least 4 members (excludes halogenated alkanes) is 1. The summed E-state index contributed by atoms with van der Waals surface area (Å²) in [5.41, 5.74) is 7.12. The van der Waals surface area contributed by atoms with Crippen LogP contribution in [0.4, 0.5) is 0 Å². The molecule has 2 rings (SSSR count). The first-order chi connectivity index (χ1) is 9.17. The zero-order chi connectivity index (χ0) is 13.8. The molecule has 0 saturated carbocycles. The van der Waals surface area contributed by atoms with Crippen LogP contribution in [-0.4, -0.2) is 0 Å². The zero-order valence-electron chi connectivity index (χ0n) is 11.7. The topological polar surface area (TPSA) is 39.2 Å². The largest absolute Gasteiger partial charge is 0.458 e. The van der Waals surface area contributed by atoms with Gasteiger partial charge in [0.25, 0.3) is 0 Å². The van der Waals surface area contributed by atoms with E-state index in [1.165, 1.54) is 12.8 Å². The van der Waals surface area contributed by atoms with Gasteiger partial charge in [0.2, 0.25) is 0 Å². The number of hydrogen-bond donors (Lipinski definition) is 1. The van der Waals surface area contributed by atoms with Gasteiger partial charge in [-0.05, 0) is 24.5 Å². The van der Waals surface area contributed by atoms with Gasteiger partial charge in [-0.3, -0.25) is 0 Å². The van der Waals surface area contributed by atoms with Gasteiger partial charge >= 0.3 is 0 Å². The lowest BCUT2D eigenvalue weighted by molar-refractivity contribution is 0.337. The Morgan fingerprint density at radius 3 is 2.74 bits per heavy atom. The van der Waals surface area contributed by atoms with Gasteiger partial charge in [-0.1, -0.05) is 56.8 Å². The third-order valence-electron chi connectivity index (χ3n) is 3.80. The number of fused-ring (bicyclic) bond motifs is 1. The van der Waals surface area contributed by atoms with Crippen molar-refractivity contribution < 1.29 is 4.42 Å². The second kappa shape index (κ2) is 6.44. The minimum atomic E-state index is -0.0417. The number of benzene rings is 1. The molecule has 1 heterocycles. The Morgan fingerprint density at radius 2 is 2.11 bits per heavy atom. The molecule has 2 aromatic rings. The molecule has 0 aliphatic rings. The summed E-state index contributed by atoms with van der Waals surface area (Å²) in [6.07, 6.45) is 4.65. The first-order valence-electron chi connectivity index (χ1n) is 7.10. The zero-order valence-corrected chi connectivity index (χ0v) is 12.4. The van der Waals surface area contributed by atoms with Crippen molar-refractivity contribution in [2.24, 2.45) is 11.7 Å². The van der Waals surface area contributed by atoms with E-state index in [2.05, 4.69) is 13.8 Å². The average molecular weight is 280 g/mol. The van der Waals surface area contributed by atoms with Crippen LogP contribution in [0.1, 0.15) is 51.3 Å². The van der Waals surface area contributed by atoms with Gasteiger partial charge < -0.3 is 10.2 Å². The van der Waals surface area contributed by atoms with E-state index in [0.29, 0.717) is 10.9 Å². The van der Waals surface area contributed by atoms with E-state index >= 15 is 0 Å². The Hall–Kier alpha value is -0.990. The molecule has 0 bridgehead atoms. The highest BCUT2D eigenvalue weighted by Gasteiger charge is 2.21. The van der Waals surface area contributed by atoms with Crippen LogP contribution in [0.3, 0.4) is 0 Å². The third kappa shape index (κ3) is 3.13. The molecule has 104 valence electrons. The maximum atomic E-state index is 6.37. The Balaban J connectivity index is 2.24. The Morgan fingerprint density at radius 1 is 1.32 bits per heavy atom. The number of hydrogen-bond acceptors (Lipinski definition) is 2. The highest BCUT2D eigenvalue weighted by Crippen LogP contribution is 2.33. The van der Waals surface area contributed by atoms with Crippen molar-refractivity contribution in [3.8, 4) is 0 Å². The maximum Gasteiger partial charge on any atom is 0.152 e. The summed E-state index contributed by atoms with van der Waals surface area (Å²) in [5.74, 6) is 1.32. The summed E-state index contributed by atoms with van der Waals surface area (Å²) in [6.45, 7) is 4.40. The Kier molecular flexibility index (Phi) is 4.89. The number of rotatable bonds is 6. The molecule has 0 fully saturated rings. The second-order valence-electron chi connectivity index (χ2n) is 5.14. The molecule has 2 N–H and O–H groups in total. The molecule has 0 amide bonds. The van der Waals surface area contributed by atoms with Gasteiger partial charge in [0.1, 0.15) is 5.76 Å². The molecule has 2 atom stereocenters. The van der Waals surface area contributed by atoms with Crippen LogP contribution in [0.25, 0.3) is 11.0 Å². The van der Waals surface area contributed by atoms with Crippen molar-refractivity contribution >= 4 is 22.6 Å². The lowest BCUT2D eigenvalue weighted by Gasteiger charge is -2.20. The summed E-state index contributed by atoms with van der Waals surface area (Å²) in [7, 11) is 0. The molecule has 2 unspecified atom stereocenters. The predicted molar refractivity (Wildman–Crippen MR) is 81.5 cm³/mol. The SMILES string of the molecule is CCCCC(CC)C(N)c1cc2cccc(Cl)c2o1. The van der Waals surface area contributed by atoms with Crippen LogP contribution in [0.5, 0.6) is 0 Å². The van der Waals surface area contributed by atoms with E-state index in [1.807, 2.05) is 24.3 Å². The molecule has 0 radical (unpaired) electrons. The van der Waals surface area contributed by atoms with Gasteiger partial charge in [-0.15, -0.1) is 0 Å². The molecular weight excluding hydrogens is 258 g/mol. The lowest BCUT2D eigenvalue weighted by atomic mass is 9.90. The summed E-state index contributed by atoms with van der Waals surface area (Å²) in [5, 5.41) is 1.68. The Labute approximate surface area is 119 Å². The molecule has 2 nitrogen and oxygen atoms in total. The molecule has 1 aromatic carbocycles. The van der Waals surface area contributed by atoms with E-state index in [0.717, 1.165) is 29.6 Å². The van der Waals surface area contributed by atoms with Crippen LogP contribution < -0.4 is 5.73 Å². The molecule has 19 heavy (non-hydrogen) atoms. The highest BCUT2D eigenvalue weighted by molar-refractivity contribution is 6.34. The fourth-order valence-corrected chi connectivity index (χ4v) is 2.77. The molecule has 0 spiro atoms. The van der Waals surface area contributed by atoms with Gasteiger partial charge in [0.05, 0.1) is 11.1 Å². The van der Waals surface area contributed by atoms with Crippen LogP contribution in [0, 0.1) is 5.92 Å². The van der Waals surface area contributed by atoms with Gasteiger partial charge in [-0.25, -0.2) is 0 Å². The summed E-state index contributed by atoms with van der Waals surface area (Å²) in [6, 6.07) is 7.77. The predicted octanol–water partition coefficient (Wildman–Crippen LogP) is 5.30. The van der Waals surface area contributed by atoms with Crippen molar-refractivity contribution in [1.82, 2.24) is 0 Å². The normalized spacial score (nSPS) is 14.7. The first kappa shape index (κ1) is 14.4. The molecular formula is C16H22ClNO. The molecule has 0 aliphatic carbocycles. The molecule has 3 heteroatoms. The van der Waals surface area contributed by atoms with Gasteiger partial charge in [-0.2, -0.15) is 0 Å². The third-order valence-corrected chi connectivity index (χ3v) is 4.10. The standard InChI is InChI=1S/C16H22ClNO/c1-3-5-7-11(4-2)15(18)14-10-12-8-6-9-13(17)16(12)19-14/h6,8-11,15H,3-5,7,18H2,1-2H3. The van der Waals surface area contributed by atoms with Crippen molar-refractivity contribution in [3.05, 3.63) is 35.0 Å². The lowest BCUT2D eigenvalue weighted by Crippen LogP contribution is -2.20. The van der Waals surface area contributed by atoms with Crippen LogP contribution in [0.2, 0.25) is 5.02 Å². The molecule has 0 saturated heterocycles.